The summed E-state index contributed by atoms with van der Waals surface area (Å²) in [6.07, 6.45) is 1.18. The fraction of sp³-hybridized carbons (Fsp3) is 0.667. The van der Waals surface area contributed by atoms with Gasteiger partial charge in [0.15, 0.2) is 6.04 Å². The Hall–Kier alpha value is -1.44. The highest BCUT2D eigenvalue weighted by Gasteiger charge is 2.36. The van der Waals surface area contributed by atoms with E-state index in [9.17, 15) is 13.2 Å². The first-order chi connectivity index (χ1) is 13.3. The van der Waals surface area contributed by atoms with Gasteiger partial charge in [-0.2, -0.15) is 4.31 Å². The maximum atomic E-state index is 13.0. The zero-order valence-corrected chi connectivity index (χ0v) is 18.1. The Bertz CT molecular complexity index is 750. The van der Waals surface area contributed by atoms with Crippen LogP contribution in [0, 0.1) is 11.8 Å². The molecular weight excluding hydrogens is 374 g/mol. The molecule has 2 heterocycles. The number of nitrogens with zero attached hydrogens (tertiary/aromatic N) is 2. The van der Waals surface area contributed by atoms with Crippen molar-refractivity contribution in [2.45, 2.75) is 39.0 Å². The van der Waals surface area contributed by atoms with Crippen LogP contribution in [0.4, 0.5) is 0 Å². The first-order valence-corrected chi connectivity index (χ1v) is 12.0. The topological polar surface area (TPSA) is 62.1 Å². The standard InChI is InChI=1S/C21H33N3O3S/c1-17-13-18(2)15-23(14-17)21(25)19(3)22-9-11-24(12-10-22)28(26,27)16-20-7-5-4-6-8-20/h4-8,17-19H,9-16H2,1-3H3/p+1/t17-,18+,19-/m1/s1. The Morgan fingerprint density at radius 1 is 1.11 bits per heavy atom. The minimum atomic E-state index is -3.32. The SMILES string of the molecule is C[C@@H]1C[C@H](C)CN(C(=O)[C@@H](C)[NH+]2CCN(S(=O)(=O)Cc3ccccc3)CC2)C1. The van der Waals surface area contributed by atoms with Crippen molar-refractivity contribution in [3.63, 3.8) is 0 Å². The van der Waals surface area contributed by atoms with E-state index in [4.69, 9.17) is 0 Å². The normalized spacial score (nSPS) is 26.2. The summed E-state index contributed by atoms with van der Waals surface area (Å²) in [5.41, 5.74) is 0.814. The summed E-state index contributed by atoms with van der Waals surface area (Å²) in [7, 11) is -3.32. The van der Waals surface area contributed by atoms with E-state index in [0.29, 0.717) is 38.0 Å². The van der Waals surface area contributed by atoms with Crippen molar-refractivity contribution in [3.8, 4) is 0 Å². The van der Waals surface area contributed by atoms with Gasteiger partial charge in [0.2, 0.25) is 10.0 Å². The Labute approximate surface area is 169 Å². The van der Waals surface area contributed by atoms with Gasteiger partial charge in [0.05, 0.1) is 31.9 Å². The third-order valence-electron chi connectivity index (χ3n) is 6.11. The lowest BCUT2D eigenvalue weighted by molar-refractivity contribution is -0.918. The summed E-state index contributed by atoms with van der Waals surface area (Å²) in [6, 6.07) is 9.20. The Morgan fingerprint density at radius 3 is 2.25 bits per heavy atom. The molecule has 2 saturated heterocycles. The summed E-state index contributed by atoms with van der Waals surface area (Å²) in [5.74, 6) is 1.36. The van der Waals surface area contributed by atoms with Crippen LogP contribution >= 0.6 is 0 Å². The largest absolute Gasteiger partial charge is 0.337 e. The predicted octanol–water partition coefficient (Wildman–Crippen LogP) is 0.610. The Morgan fingerprint density at radius 2 is 1.68 bits per heavy atom. The number of amides is 1. The molecule has 3 atom stereocenters. The maximum Gasteiger partial charge on any atom is 0.280 e. The summed E-state index contributed by atoms with van der Waals surface area (Å²) in [4.78, 5) is 16.2. The van der Waals surface area contributed by atoms with Crippen LogP contribution in [-0.2, 0) is 20.6 Å². The molecule has 1 amide bonds. The summed E-state index contributed by atoms with van der Waals surface area (Å²) >= 11 is 0. The molecule has 3 rings (SSSR count). The number of carbonyl (C=O) groups excluding carboxylic acids is 1. The Kier molecular flexibility index (Phi) is 6.78. The number of rotatable bonds is 5. The average Bonchev–Trinajstić information content (AvgIpc) is 2.66. The van der Waals surface area contributed by atoms with Crippen molar-refractivity contribution < 1.29 is 18.1 Å². The van der Waals surface area contributed by atoms with Crippen molar-refractivity contribution in [1.82, 2.24) is 9.21 Å². The van der Waals surface area contributed by atoms with E-state index >= 15 is 0 Å². The third kappa shape index (κ3) is 5.13. The summed E-state index contributed by atoms with van der Waals surface area (Å²) in [6.45, 7) is 10.4. The highest BCUT2D eigenvalue weighted by molar-refractivity contribution is 7.88. The quantitative estimate of drug-likeness (QED) is 0.777. The molecule has 1 N–H and O–H groups in total. The number of hydrogen-bond donors (Lipinski definition) is 1. The molecule has 1 aromatic rings. The molecule has 28 heavy (non-hydrogen) atoms. The first kappa shape index (κ1) is 21.3. The molecule has 0 spiro atoms. The van der Waals surface area contributed by atoms with Crippen molar-refractivity contribution in [2.24, 2.45) is 11.8 Å². The van der Waals surface area contributed by atoms with Gasteiger partial charge in [0.1, 0.15) is 0 Å². The van der Waals surface area contributed by atoms with Crippen LogP contribution in [0.3, 0.4) is 0 Å². The highest BCUT2D eigenvalue weighted by atomic mass is 32.2. The van der Waals surface area contributed by atoms with Crippen LogP contribution in [0.15, 0.2) is 30.3 Å². The molecule has 0 aliphatic carbocycles. The number of piperidine rings is 1. The smallest absolute Gasteiger partial charge is 0.280 e. The van der Waals surface area contributed by atoms with E-state index in [1.54, 1.807) is 4.31 Å². The number of nitrogens with one attached hydrogen (secondary N) is 1. The van der Waals surface area contributed by atoms with Gasteiger partial charge in [-0.15, -0.1) is 0 Å². The lowest BCUT2D eigenvalue weighted by Gasteiger charge is -2.39. The molecule has 2 aliphatic heterocycles. The number of likely N-dealkylation sites (tertiary alicyclic amines) is 1. The van der Waals surface area contributed by atoms with E-state index < -0.39 is 10.0 Å². The van der Waals surface area contributed by atoms with Gasteiger partial charge < -0.3 is 9.80 Å². The second-order valence-corrected chi connectivity index (χ2v) is 10.7. The lowest BCUT2D eigenvalue weighted by atomic mass is 9.91. The molecule has 2 fully saturated rings. The second kappa shape index (κ2) is 8.93. The Balaban J connectivity index is 1.55. The average molecular weight is 409 g/mol. The first-order valence-electron chi connectivity index (χ1n) is 10.4. The van der Waals surface area contributed by atoms with Crippen LogP contribution in [0.5, 0.6) is 0 Å². The zero-order valence-electron chi connectivity index (χ0n) is 17.3. The van der Waals surface area contributed by atoms with Gasteiger partial charge in [-0.25, -0.2) is 8.42 Å². The molecular formula is C21H34N3O3S+. The minimum Gasteiger partial charge on any atom is -0.337 e. The van der Waals surface area contributed by atoms with Crippen LogP contribution in [0.1, 0.15) is 32.8 Å². The van der Waals surface area contributed by atoms with Gasteiger partial charge in [0, 0.05) is 13.1 Å². The fourth-order valence-electron chi connectivity index (χ4n) is 4.65. The molecule has 1 aromatic carbocycles. The van der Waals surface area contributed by atoms with Gasteiger partial charge in [-0.1, -0.05) is 44.2 Å². The minimum absolute atomic E-state index is 0.0429. The molecule has 6 nitrogen and oxygen atoms in total. The molecule has 2 aliphatic rings. The van der Waals surface area contributed by atoms with Gasteiger partial charge >= 0.3 is 0 Å². The zero-order chi connectivity index (χ0) is 20.3. The van der Waals surface area contributed by atoms with Gasteiger partial charge in [-0.05, 0) is 30.7 Å². The van der Waals surface area contributed by atoms with Crippen LogP contribution in [0.2, 0.25) is 0 Å². The van der Waals surface area contributed by atoms with Gasteiger partial charge in [0.25, 0.3) is 5.91 Å². The van der Waals surface area contributed by atoms with Gasteiger partial charge in [-0.3, -0.25) is 4.79 Å². The van der Waals surface area contributed by atoms with E-state index in [0.717, 1.165) is 18.7 Å². The number of benzene rings is 1. The molecule has 0 unspecified atom stereocenters. The van der Waals surface area contributed by atoms with Crippen molar-refractivity contribution >= 4 is 15.9 Å². The summed E-state index contributed by atoms with van der Waals surface area (Å²) in [5, 5.41) is 0. The number of quaternary nitrogens is 1. The fourth-order valence-corrected chi connectivity index (χ4v) is 6.19. The molecule has 156 valence electrons. The molecule has 0 aromatic heterocycles. The molecule has 7 heteroatoms. The van der Waals surface area contributed by atoms with E-state index in [2.05, 4.69) is 13.8 Å². The van der Waals surface area contributed by atoms with E-state index in [1.165, 1.54) is 11.3 Å². The van der Waals surface area contributed by atoms with Crippen molar-refractivity contribution in [3.05, 3.63) is 35.9 Å². The lowest BCUT2D eigenvalue weighted by Crippen LogP contribution is -3.19. The van der Waals surface area contributed by atoms with Crippen LogP contribution in [-0.4, -0.2) is 68.8 Å². The highest BCUT2D eigenvalue weighted by Crippen LogP contribution is 2.21. The third-order valence-corrected chi connectivity index (χ3v) is 7.96. The van der Waals surface area contributed by atoms with Crippen LogP contribution in [0.25, 0.3) is 0 Å². The van der Waals surface area contributed by atoms with Crippen molar-refractivity contribution in [2.75, 3.05) is 39.3 Å². The second-order valence-electron chi connectivity index (χ2n) is 8.71. The van der Waals surface area contributed by atoms with Crippen molar-refractivity contribution in [1.29, 1.82) is 0 Å². The maximum absolute atomic E-state index is 13.0. The number of hydrogen-bond acceptors (Lipinski definition) is 3. The number of piperazine rings is 1. The number of carbonyl (C=O) groups is 1. The van der Waals surface area contributed by atoms with E-state index in [1.807, 2.05) is 42.2 Å². The van der Waals surface area contributed by atoms with E-state index in [-0.39, 0.29) is 17.7 Å². The van der Waals surface area contributed by atoms with Crippen LogP contribution < -0.4 is 4.90 Å². The monoisotopic (exact) mass is 408 g/mol. The molecule has 0 radical (unpaired) electrons. The molecule has 0 bridgehead atoms. The predicted molar refractivity (Wildman–Crippen MR) is 110 cm³/mol. The number of sulfonamides is 1. The molecule has 0 saturated carbocycles. The summed E-state index contributed by atoms with van der Waals surface area (Å²) < 4.78 is 27.0.